The van der Waals surface area contributed by atoms with Gasteiger partial charge in [-0.3, -0.25) is 9.59 Å². The minimum atomic E-state index is -0.835. The number of fused-ring (bicyclic) bond motifs is 1. The van der Waals surface area contributed by atoms with Gasteiger partial charge in [0.1, 0.15) is 0 Å². The van der Waals surface area contributed by atoms with Crippen molar-refractivity contribution < 1.29 is 19.4 Å². The van der Waals surface area contributed by atoms with E-state index in [4.69, 9.17) is 4.74 Å². The summed E-state index contributed by atoms with van der Waals surface area (Å²) in [4.78, 5) is 24.3. The smallest absolute Gasteiger partial charge is 0.312 e. The predicted molar refractivity (Wildman–Crippen MR) is 84.2 cm³/mol. The summed E-state index contributed by atoms with van der Waals surface area (Å²) in [5.41, 5.74) is 2.65. The van der Waals surface area contributed by atoms with E-state index in [1.807, 2.05) is 24.5 Å². The highest BCUT2D eigenvalue weighted by Crippen LogP contribution is 2.34. The van der Waals surface area contributed by atoms with Gasteiger partial charge in [0.05, 0.1) is 23.9 Å². The van der Waals surface area contributed by atoms with Gasteiger partial charge in [-0.2, -0.15) is 0 Å². The third-order valence-corrected chi connectivity index (χ3v) is 4.43. The van der Waals surface area contributed by atoms with Crippen molar-refractivity contribution in [1.29, 1.82) is 0 Å². The van der Waals surface area contributed by atoms with Crippen LogP contribution >= 0.6 is 0 Å². The van der Waals surface area contributed by atoms with Gasteiger partial charge in [-0.15, -0.1) is 0 Å². The first kappa shape index (κ1) is 15.4. The first-order valence-electron chi connectivity index (χ1n) is 7.71. The van der Waals surface area contributed by atoms with Crippen LogP contribution in [0.5, 0.6) is 5.88 Å². The number of aromatic nitrogens is 2. The Hall–Kier alpha value is -2.50. The van der Waals surface area contributed by atoms with Crippen LogP contribution in [0.3, 0.4) is 0 Å². The molecule has 3 rings (SSSR count). The van der Waals surface area contributed by atoms with E-state index in [2.05, 4.69) is 0 Å². The monoisotopic (exact) mass is 316 g/mol. The Morgan fingerprint density at radius 2 is 2.13 bits per heavy atom. The SMILES string of the molecule is CCOc1ccc(C(=O)c2c(C)cc3n2CCC3C(=O)O)n1C. The highest BCUT2D eigenvalue weighted by atomic mass is 16.5. The van der Waals surface area contributed by atoms with Crippen LogP contribution in [0.4, 0.5) is 0 Å². The molecule has 0 aliphatic carbocycles. The average Bonchev–Trinajstić information content (AvgIpc) is 3.13. The molecule has 0 spiro atoms. The largest absolute Gasteiger partial charge is 0.481 e. The Morgan fingerprint density at radius 3 is 2.78 bits per heavy atom. The highest BCUT2D eigenvalue weighted by Gasteiger charge is 2.33. The molecule has 2 aromatic rings. The quantitative estimate of drug-likeness (QED) is 0.859. The number of rotatable bonds is 5. The summed E-state index contributed by atoms with van der Waals surface area (Å²) in [6.07, 6.45) is 0.530. The molecule has 3 heterocycles. The number of ether oxygens (including phenoxy) is 1. The van der Waals surface area contributed by atoms with Crippen molar-refractivity contribution in [2.75, 3.05) is 6.61 Å². The zero-order chi connectivity index (χ0) is 16.7. The molecule has 2 aromatic heterocycles. The minimum Gasteiger partial charge on any atom is -0.481 e. The molecular weight excluding hydrogens is 296 g/mol. The number of hydrogen-bond acceptors (Lipinski definition) is 3. The molecule has 1 aliphatic heterocycles. The van der Waals surface area contributed by atoms with Gasteiger partial charge in [0.2, 0.25) is 5.78 Å². The third kappa shape index (κ3) is 2.34. The fraction of sp³-hybridized carbons (Fsp3) is 0.412. The molecule has 0 saturated carbocycles. The van der Waals surface area contributed by atoms with Crippen LogP contribution in [-0.4, -0.2) is 32.6 Å². The van der Waals surface area contributed by atoms with Gasteiger partial charge in [0, 0.05) is 25.4 Å². The van der Waals surface area contributed by atoms with Crippen LogP contribution in [-0.2, 0) is 18.4 Å². The van der Waals surface area contributed by atoms with Gasteiger partial charge in [-0.1, -0.05) is 0 Å². The van der Waals surface area contributed by atoms with Gasteiger partial charge in [0.25, 0.3) is 0 Å². The molecule has 0 saturated heterocycles. The second-order valence-electron chi connectivity index (χ2n) is 5.81. The lowest BCUT2D eigenvalue weighted by molar-refractivity contribution is -0.138. The molecule has 0 amide bonds. The van der Waals surface area contributed by atoms with Crippen LogP contribution in [0.2, 0.25) is 0 Å². The summed E-state index contributed by atoms with van der Waals surface area (Å²) in [7, 11) is 1.79. The second kappa shape index (κ2) is 5.61. The summed E-state index contributed by atoms with van der Waals surface area (Å²) >= 11 is 0. The van der Waals surface area contributed by atoms with Gasteiger partial charge in [0.15, 0.2) is 5.88 Å². The van der Waals surface area contributed by atoms with Crippen LogP contribution in [0.1, 0.15) is 46.7 Å². The van der Waals surface area contributed by atoms with Crippen molar-refractivity contribution in [3.05, 3.63) is 40.8 Å². The van der Waals surface area contributed by atoms with E-state index in [0.717, 1.165) is 11.3 Å². The van der Waals surface area contributed by atoms with Crippen molar-refractivity contribution in [3.63, 3.8) is 0 Å². The third-order valence-electron chi connectivity index (χ3n) is 4.43. The van der Waals surface area contributed by atoms with Gasteiger partial charge in [-0.25, -0.2) is 0 Å². The van der Waals surface area contributed by atoms with Crippen molar-refractivity contribution in [3.8, 4) is 5.88 Å². The molecule has 1 atom stereocenters. The predicted octanol–water partition coefficient (Wildman–Crippen LogP) is 2.34. The first-order chi connectivity index (χ1) is 11.0. The standard InChI is InChI=1S/C17H20N2O4/c1-4-23-14-6-5-12(18(14)3)16(20)15-10(2)9-13-11(17(21)22)7-8-19(13)15/h5-6,9,11H,4,7-8H2,1-3H3,(H,21,22). The van der Waals surface area contributed by atoms with E-state index < -0.39 is 11.9 Å². The number of aliphatic carboxylic acids is 1. The maximum absolute atomic E-state index is 13.0. The summed E-state index contributed by atoms with van der Waals surface area (Å²) in [5, 5.41) is 9.30. The van der Waals surface area contributed by atoms with Crippen LogP contribution in [0.25, 0.3) is 0 Å². The molecule has 122 valence electrons. The lowest BCUT2D eigenvalue weighted by Crippen LogP contribution is -2.14. The molecule has 1 N–H and O–H groups in total. The Balaban J connectivity index is 2.02. The molecule has 1 unspecified atom stereocenters. The normalized spacial score (nSPS) is 16.4. The zero-order valence-corrected chi connectivity index (χ0v) is 13.5. The molecule has 0 bridgehead atoms. The Morgan fingerprint density at radius 1 is 1.39 bits per heavy atom. The summed E-state index contributed by atoms with van der Waals surface area (Å²) in [5.74, 6) is -0.821. The van der Waals surface area contributed by atoms with E-state index >= 15 is 0 Å². The van der Waals surface area contributed by atoms with E-state index in [-0.39, 0.29) is 5.78 Å². The van der Waals surface area contributed by atoms with E-state index in [0.29, 0.717) is 36.8 Å². The fourth-order valence-corrected chi connectivity index (χ4v) is 3.33. The van der Waals surface area contributed by atoms with Crippen molar-refractivity contribution in [1.82, 2.24) is 9.13 Å². The lowest BCUT2D eigenvalue weighted by Gasteiger charge is -2.10. The number of carbonyl (C=O) groups is 2. The van der Waals surface area contributed by atoms with Gasteiger partial charge >= 0.3 is 5.97 Å². The zero-order valence-electron chi connectivity index (χ0n) is 13.5. The molecular formula is C17H20N2O4. The highest BCUT2D eigenvalue weighted by molar-refractivity contribution is 6.08. The molecule has 6 heteroatoms. The number of carboxylic acids is 1. The molecule has 23 heavy (non-hydrogen) atoms. The summed E-state index contributed by atoms with van der Waals surface area (Å²) in [6, 6.07) is 5.35. The van der Waals surface area contributed by atoms with Crippen molar-refractivity contribution >= 4 is 11.8 Å². The Bertz CT molecular complexity index is 785. The summed E-state index contributed by atoms with van der Waals surface area (Å²) < 4.78 is 9.06. The van der Waals surface area contributed by atoms with Crippen molar-refractivity contribution in [2.45, 2.75) is 32.7 Å². The number of carbonyl (C=O) groups excluding carboxylic acids is 1. The maximum Gasteiger partial charge on any atom is 0.312 e. The van der Waals surface area contributed by atoms with Gasteiger partial charge < -0.3 is 19.0 Å². The molecule has 0 fully saturated rings. The van der Waals surface area contributed by atoms with Gasteiger partial charge in [-0.05, 0) is 38.0 Å². The van der Waals surface area contributed by atoms with E-state index in [1.165, 1.54) is 0 Å². The number of ketones is 1. The summed E-state index contributed by atoms with van der Waals surface area (Å²) in [6.45, 7) is 4.84. The molecule has 0 aromatic carbocycles. The topological polar surface area (TPSA) is 73.5 Å². The number of hydrogen-bond donors (Lipinski definition) is 1. The average molecular weight is 316 g/mol. The minimum absolute atomic E-state index is 0.103. The lowest BCUT2D eigenvalue weighted by atomic mass is 10.0. The van der Waals surface area contributed by atoms with Crippen LogP contribution in [0.15, 0.2) is 18.2 Å². The van der Waals surface area contributed by atoms with Crippen LogP contribution in [0, 0.1) is 6.92 Å². The van der Waals surface area contributed by atoms with E-state index in [1.54, 1.807) is 23.7 Å². The van der Waals surface area contributed by atoms with Crippen molar-refractivity contribution in [2.24, 2.45) is 7.05 Å². The molecule has 1 aliphatic rings. The Labute approximate surface area is 134 Å². The number of carboxylic acid groups (broad SMARTS) is 1. The maximum atomic E-state index is 13.0. The van der Waals surface area contributed by atoms with Crippen LogP contribution < -0.4 is 4.74 Å². The molecule has 0 radical (unpaired) electrons. The number of nitrogens with zero attached hydrogens (tertiary/aromatic N) is 2. The number of aryl methyl sites for hydroxylation is 1. The fourth-order valence-electron chi connectivity index (χ4n) is 3.33. The molecule has 6 nitrogen and oxygen atoms in total. The second-order valence-corrected chi connectivity index (χ2v) is 5.81. The van der Waals surface area contributed by atoms with E-state index in [9.17, 15) is 14.7 Å². The first-order valence-corrected chi connectivity index (χ1v) is 7.71. The Kier molecular flexibility index (Phi) is 3.75.